The number of benzene rings is 1. The van der Waals surface area contributed by atoms with Crippen molar-refractivity contribution in [3.8, 4) is 11.5 Å². The second kappa shape index (κ2) is 8.91. The van der Waals surface area contributed by atoms with E-state index >= 15 is 0 Å². The Kier molecular flexibility index (Phi) is 6.62. The topological polar surface area (TPSA) is 76.8 Å². The number of nitrogens with one attached hydrogen (secondary N) is 1. The highest BCUT2D eigenvalue weighted by Crippen LogP contribution is 2.16. The molecule has 0 radical (unpaired) electrons. The summed E-state index contributed by atoms with van der Waals surface area (Å²) in [5, 5.41) is 11.5. The van der Waals surface area contributed by atoms with Gasteiger partial charge in [-0.3, -0.25) is 4.99 Å². The number of hydrogen-bond donors (Lipinski definition) is 1. The van der Waals surface area contributed by atoms with Crippen LogP contribution in [0, 0.1) is 6.92 Å². The van der Waals surface area contributed by atoms with Gasteiger partial charge in [-0.2, -0.15) is 0 Å². The molecular weight excluding hydrogens is 320 g/mol. The largest absolute Gasteiger partial charge is 0.497 e. The predicted molar refractivity (Wildman–Crippen MR) is 97.1 cm³/mol. The average Bonchev–Trinajstić information content (AvgIpc) is 2.95. The van der Waals surface area contributed by atoms with Crippen LogP contribution in [0.25, 0.3) is 0 Å². The first kappa shape index (κ1) is 18.6. The molecule has 0 amide bonds. The molecule has 0 fully saturated rings. The summed E-state index contributed by atoms with van der Waals surface area (Å²) in [4.78, 5) is 6.30. The van der Waals surface area contributed by atoms with E-state index in [1.807, 2.05) is 54.8 Å². The first-order valence-electron chi connectivity index (χ1n) is 8.08. The van der Waals surface area contributed by atoms with Gasteiger partial charge in [-0.25, -0.2) is 0 Å². The van der Waals surface area contributed by atoms with Crippen LogP contribution in [0.3, 0.4) is 0 Å². The number of likely N-dealkylation sites (N-methyl/N-ethyl adjacent to an activating group) is 1. The molecule has 0 aliphatic heterocycles. The Morgan fingerprint density at radius 1 is 1.24 bits per heavy atom. The fraction of sp³-hybridized carbons (Fsp3) is 0.471. The zero-order valence-corrected chi connectivity index (χ0v) is 15.5. The summed E-state index contributed by atoms with van der Waals surface area (Å²) < 4.78 is 12.8. The van der Waals surface area contributed by atoms with E-state index < -0.39 is 0 Å². The maximum absolute atomic E-state index is 5.75. The Morgan fingerprint density at radius 2 is 1.92 bits per heavy atom. The number of ether oxygens (including phenoxy) is 2. The third-order valence-electron chi connectivity index (χ3n) is 3.92. The van der Waals surface area contributed by atoms with Crippen LogP contribution in [-0.4, -0.2) is 60.0 Å². The third-order valence-corrected chi connectivity index (χ3v) is 3.92. The van der Waals surface area contributed by atoms with Crippen LogP contribution < -0.4 is 14.8 Å². The van der Waals surface area contributed by atoms with E-state index in [1.54, 1.807) is 14.2 Å². The molecule has 1 aromatic carbocycles. The lowest BCUT2D eigenvalue weighted by Crippen LogP contribution is -2.40. The first-order valence-corrected chi connectivity index (χ1v) is 8.08. The van der Waals surface area contributed by atoms with Crippen molar-refractivity contribution in [1.29, 1.82) is 0 Å². The smallest absolute Gasteiger partial charge is 0.193 e. The molecular formula is C17H26N6O2. The number of aliphatic imine (C=N–C) groups is 1. The van der Waals surface area contributed by atoms with Gasteiger partial charge in [-0.05, 0) is 31.2 Å². The SMILES string of the molecule is CN=C(NCc1nnc(C)n1C)N(C)CCOc1ccc(OC)cc1. The maximum Gasteiger partial charge on any atom is 0.193 e. The summed E-state index contributed by atoms with van der Waals surface area (Å²) >= 11 is 0. The fourth-order valence-corrected chi connectivity index (χ4v) is 2.23. The lowest BCUT2D eigenvalue weighted by Gasteiger charge is -2.22. The minimum atomic E-state index is 0.548. The second-order valence-corrected chi connectivity index (χ2v) is 5.57. The summed E-state index contributed by atoms with van der Waals surface area (Å²) in [5.74, 6) is 4.15. The normalized spacial score (nSPS) is 11.3. The van der Waals surface area contributed by atoms with E-state index in [4.69, 9.17) is 9.47 Å². The van der Waals surface area contributed by atoms with Crippen LogP contribution in [0.4, 0.5) is 0 Å². The highest BCUT2D eigenvalue weighted by molar-refractivity contribution is 5.79. The van der Waals surface area contributed by atoms with E-state index in [0.717, 1.165) is 29.1 Å². The van der Waals surface area contributed by atoms with Crippen LogP contribution in [0.1, 0.15) is 11.6 Å². The molecule has 0 unspecified atom stereocenters. The Morgan fingerprint density at radius 3 is 2.48 bits per heavy atom. The minimum Gasteiger partial charge on any atom is -0.497 e. The molecule has 8 nitrogen and oxygen atoms in total. The average molecular weight is 346 g/mol. The van der Waals surface area contributed by atoms with Gasteiger partial charge in [0.15, 0.2) is 11.8 Å². The van der Waals surface area contributed by atoms with E-state index in [1.165, 1.54) is 0 Å². The highest BCUT2D eigenvalue weighted by Gasteiger charge is 2.09. The standard InChI is InChI=1S/C17H26N6O2/c1-13-20-21-16(23(13)4)12-19-17(18-2)22(3)10-11-25-15-8-6-14(24-5)7-9-15/h6-9H,10-12H2,1-5H3,(H,18,19). The van der Waals surface area contributed by atoms with Crippen LogP contribution in [0.5, 0.6) is 11.5 Å². The molecule has 1 N–H and O–H groups in total. The molecule has 0 bridgehead atoms. The monoisotopic (exact) mass is 346 g/mol. The van der Waals surface area contributed by atoms with Gasteiger partial charge in [-0.15, -0.1) is 10.2 Å². The third kappa shape index (κ3) is 5.10. The van der Waals surface area contributed by atoms with Crippen LogP contribution in [0.15, 0.2) is 29.3 Å². The summed E-state index contributed by atoms with van der Waals surface area (Å²) in [7, 11) is 7.31. The van der Waals surface area contributed by atoms with Gasteiger partial charge in [0, 0.05) is 21.1 Å². The van der Waals surface area contributed by atoms with Gasteiger partial charge < -0.3 is 24.3 Å². The number of methoxy groups -OCH3 is 1. The number of guanidine groups is 1. The summed E-state index contributed by atoms with van der Waals surface area (Å²) in [6.07, 6.45) is 0. The minimum absolute atomic E-state index is 0.548. The fourth-order valence-electron chi connectivity index (χ4n) is 2.23. The Labute approximate surface area is 148 Å². The second-order valence-electron chi connectivity index (χ2n) is 5.57. The van der Waals surface area contributed by atoms with E-state index in [2.05, 4.69) is 20.5 Å². The van der Waals surface area contributed by atoms with Gasteiger partial charge in [0.1, 0.15) is 23.9 Å². The van der Waals surface area contributed by atoms with Crippen molar-refractivity contribution >= 4 is 5.96 Å². The molecule has 0 spiro atoms. The van der Waals surface area contributed by atoms with Crippen molar-refractivity contribution in [1.82, 2.24) is 25.0 Å². The first-order chi connectivity index (χ1) is 12.0. The van der Waals surface area contributed by atoms with E-state index in [-0.39, 0.29) is 0 Å². The Balaban J connectivity index is 1.79. The lowest BCUT2D eigenvalue weighted by atomic mass is 10.3. The molecule has 0 aliphatic carbocycles. The van der Waals surface area contributed by atoms with Crippen molar-refractivity contribution in [2.45, 2.75) is 13.5 Å². The van der Waals surface area contributed by atoms with Crippen LogP contribution >= 0.6 is 0 Å². The van der Waals surface area contributed by atoms with Crippen molar-refractivity contribution in [2.24, 2.45) is 12.0 Å². The van der Waals surface area contributed by atoms with Crippen molar-refractivity contribution in [3.63, 3.8) is 0 Å². The lowest BCUT2D eigenvalue weighted by molar-refractivity contribution is 0.281. The molecule has 2 aromatic rings. The molecule has 0 saturated heterocycles. The van der Waals surface area contributed by atoms with Gasteiger partial charge in [0.05, 0.1) is 20.2 Å². The van der Waals surface area contributed by atoms with E-state index in [0.29, 0.717) is 19.7 Å². The molecule has 0 saturated carbocycles. The molecule has 25 heavy (non-hydrogen) atoms. The van der Waals surface area contributed by atoms with Crippen LogP contribution in [0.2, 0.25) is 0 Å². The number of rotatable bonds is 7. The van der Waals surface area contributed by atoms with Crippen molar-refractivity contribution in [3.05, 3.63) is 35.9 Å². The Hall–Kier alpha value is -2.77. The van der Waals surface area contributed by atoms with Crippen molar-refractivity contribution in [2.75, 3.05) is 34.4 Å². The summed E-state index contributed by atoms with van der Waals surface area (Å²) in [6, 6.07) is 7.54. The van der Waals surface area contributed by atoms with Crippen molar-refractivity contribution < 1.29 is 9.47 Å². The maximum atomic E-state index is 5.75. The van der Waals surface area contributed by atoms with Crippen LogP contribution in [-0.2, 0) is 13.6 Å². The number of nitrogens with zero attached hydrogens (tertiary/aromatic N) is 5. The molecule has 1 aromatic heterocycles. The number of hydrogen-bond acceptors (Lipinski definition) is 5. The summed E-state index contributed by atoms with van der Waals surface area (Å²) in [6.45, 7) is 3.73. The highest BCUT2D eigenvalue weighted by atomic mass is 16.5. The molecule has 2 rings (SSSR count). The number of aromatic nitrogens is 3. The molecule has 0 aliphatic rings. The Bertz CT molecular complexity index is 696. The van der Waals surface area contributed by atoms with Gasteiger partial charge in [0.25, 0.3) is 0 Å². The van der Waals surface area contributed by atoms with Gasteiger partial charge in [0.2, 0.25) is 0 Å². The van der Waals surface area contributed by atoms with E-state index in [9.17, 15) is 0 Å². The number of aryl methyl sites for hydroxylation is 1. The van der Waals surface area contributed by atoms with Gasteiger partial charge in [-0.1, -0.05) is 0 Å². The molecule has 136 valence electrons. The molecule has 1 heterocycles. The van der Waals surface area contributed by atoms with Gasteiger partial charge >= 0.3 is 0 Å². The quantitative estimate of drug-likeness (QED) is 0.600. The molecule has 0 atom stereocenters. The molecule has 8 heteroatoms. The predicted octanol–water partition coefficient (Wildman–Crippen LogP) is 1.22. The summed E-state index contributed by atoms with van der Waals surface area (Å²) in [5.41, 5.74) is 0. The zero-order chi connectivity index (χ0) is 18.2. The zero-order valence-electron chi connectivity index (χ0n) is 15.5.